The monoisotopic (exact) mass is 184 g/mol. The zero-order valence-corrected chi connectivity index (χ0v) is 7.76. The van der Waals surface area contributed by atoms with Crippen molar-refractivity contribution in [1.29, 1.82) is 0 Å². The molecule has 0 radical (unpaired) electrons. The van der Waals surface area contributed by atoms with Crippen molar-refractivity contribution in [3.8, 4) is 0 Å². The third-order valence-electron chi connectivity index (χ3n) is 2.76. The summed E-state index contributed by atoms with van der Waals surface area (Å²) in [5.41, 5.74) is 0.207. The summed E-state index contributed by atoms with van der Waals surface area (Å²) in [5, 5.41) is 5.26. The average Bonchev–Trinajstić information content (AvgIpc) is 2.62. The summed E-state index contributed by atoms with van der Waals surface area (Å²) in [4.78, 5) is 10.9. The number of rotatable bonds is 0. The molecule has 0 aromatic carbocycles. The molecule has 0 saturated heterocycles. The summed E-state index contributed by atoms with van der Waals surface area (Å²) in [5.74, 6) is 0. The minimum atomic E-state index is -0.241. The summed E-state index contributed by atoms with van der Waals surface area (Å²) >= 11 is 3.74. The lowest BCUT2D eigenvalue weighted by molar-refractivity contribution is 0.218. The SMILES string of the molecule is O=C(S)N1CC2(C=N1)CCCC2. The molecule has 0 atom stereocenters. The van der Waals surface area contributed by atoms with Crippen LogP contribution >= 0.6 is 12.6 Å². The minimum Gasteiger partial charge on any atom is -0.260 e. The van der Waals surface area contributed by atoms with E-state index in [4.69, 9.17) is 0 Å². The predicted molar refractivity (Wildman–Crippen MR) is 50.5 cm³/mol. The van der Waals surface area contributed by atoms with Crippen molar-refractivity contribution in [2.45, 2.75) is 25.7 Å². The van der Waals surface area contributed by atoms with Gasteiger partial charge in [0, 0.05) is 11.6 Å². The van der Waals surface area contributed by atoms with E-state index in [1.165, 1.54) is 30.7 Å². The van der Waals surface area contributed by atoms with Gasteiger partial charge in [-0.2, -0.15) is 5.10 Å². The Morgan fingerprint density at radius 2 is 2.17 bits per heavy atom. The van der Waals surface area contributed by atoms with Crippen LogP contribution in [-0.4, -0.2) is 23.0 Å². The van der Waals surface area contributed by atoms with Gasteiger partial charge in [-0.15, -0.1) is 0 Å². The summed E-state index contributed by atoms with van der Waals surface area (Å²) in [6.07, 6.45) is 6.82. The summed E-state index contributed by atoms with van der Waals surface area (Å²) in [6.45, 7) is 0.745. The van der Waals surface area contributed by atoms with E-state index < -0.39 is 0 Å². The molecule has 0 aromatic heterocycles. The van der Waals surface area contributed by atoms with E-state index in [0.29, 0.717) is 0 Å². The van der Waals surface area contributed by atoms with E-state index in [1.807, 2.05) is 6.21 Å². The molecular formula is C8H12N2OS. The standard InChI is InChI=1S/C8H12N2OS/c11-7(12)10-6-8(5-9-10)3-1-2-4-8/h5H,1-4,6H2,(H,11,12). The molecule has 1 heterocycles. The molecule has 0 bridgehead atoms. The number of hydrogen-bond acceptors (Lipinski definition) is 2. The van der Waals surface area contributed by atoms with E-state index >= 15 is 0 Å². The van der Waals surface area contributed by atoms with E-state index in [-0.39, 0.29) is 10.7 Å². The van der Waals surface area contributed by atoms with Crippen molar-refractivity contribution >= 4 is 24.1 Å². The Kier molecular flexibility index (Phi) is 1.87. The largest absolute Gasteiger partial charge is 0.298 e. The number of carbonyl (C=O) groups is 1. The average molecular weight is 184 g/mol. The van der Waals surface area contributed by atoms with Gasteiger partial charge in [0.1, 0.15) is 0 Å². The highest BCUT2D eigenvalue weighted by Crippen LogP contribution is 2.40. The van der Waals surface area contributed by atoms with E-state index in [9.17, 15) is 4.79 Å². The van der Waals surface area contributed by atoms with Gasteiger partial charge in [0.2, 0.25) is 0 Å². The smallest absolute Gasteiger partial charge is 0.260 e. The summed E-state index contributed by atoms with van der Waals surface area (Å²) < 4.78 is 0. The van der Waals surface area contributed by atoms with Crippen LogP contribution in [-0.2, 0) is 0 Å². The third kappa shape index (κ3) is 1.24. The first-order valence-electron chi connectivity index (χ1n) is 4.28. The fraction of sp³-hybridized carbons (Fsp3) is 0.750. The van der Waals surface area contributed by atoms with Crippen LogP contribution < -0.4 is 0 Å². The molecule has 3 nitrogen and oxygen atoms in total. The quantitative estimate of drug-likeness (QED) is 0.573. The highest BCUT2D eigenvalue weighted by molar-refractivity contribution is 7.96. The maximum Gasteiger partial charge on any atom is 0.298 e. The van der Waals surface area contributed by atoms with Gasteiger partial charge in [-0.25, -0.2) is 5.01 Å². The van der Waals surface area contributed by atoms with Gasteiger partial charge in [0.05, 0.1) is 6.54 Å². The van der Waals surface area contributed by atoms with E-state index in [2.05, 4.69) is 17.7 Å². The second kappa shape index (κ2) is 2.76. The van der Waals surface area contributed by atoms with Crippen molar-refractivity contribution in [2.75, 3.05) is 6.54 Å². The second-order valence-electron chi connectivity index (χ2n) is 3.65. The number of carbonyl (C=O) groups excluding carboxylic acids is 1. The minimum absolute atomic E-state index is 0.207. The van der Waals surface area contributed by atoms with Gasteiger partial charge in [-0.3, -0.25) is 4.79 Å². The molecule has 2 aliphatic rings. The van der Waals surface area contributed by atoms with Gasteiger partial charge in [-0.05, 0) is 12.8 Å². The first kappa shape index (κ1) is 8.10. The third-order valence-corrected chi connectivity index (χ3v) is 2.99. The molecule has 0 unspecified atom stereocenters. The van der Waals surface area contributed by atoms with Gasteiger partial charge < -0.3 is 0 Å². The number of hydrogen-bond donors (Lipinski definition) is 1. The normalized spacial score (nSPS) is 25.6. The Morgan fingerprint density at radius 1 is 1.50 bits per heavy atom. The van der Waals surface area contributed by atoms with Crippen molar-refractivity contribution in [3.05, 3.63) is 0 Å². The molecular weight excluding hydrogens is 172 g/mol. The second-order valence-corrected chi connectivity index (χ2v) is 4.04. The molecule has 1 amide bonds. The van der Waals surface area contributed by atoms with Crippen LogP contribution in [0.15, 0.2) is 5.10 Å². The fourth-order valence-electron chi connectivity index (χ4n) is 2.06. The zero-order chi connectivity index (χ0) is 8.60. The molecule has 1 saturated carbocycles. The Morgan fingerprint density at radius 3 is 2.67 bits per heavy atom. The lowest BCUT2D eigenvalue weighted by atomic mass is 9.89. The van der Waals surface area contributed by atoms with Crippen LogP contribution in [0.5, 0.6) is 0 Å². The maximum absolute atomic E-state index is 10.9. The van der Waals surface area contributed by atoms with Crippen molar-refractivity contribution < 1.29 is 4.79 Å². The molecule has 1 aliphatic carbocycles. The van der Waals surface area contributed by atoms with Crippen molar-refractivity contribution in [3.63, 3.8) is 0 Å². The fourth-order valence-corrected chi connectivity index (χ4v) is 2.18. The van der Waals surface area contributed by atoms with E-state index in [1.54, 1.807) is 0 Å². The molecule has 1 fully saturated rings. The van der Waals surface area contributed by atoms with Crippen molar-refractivity contribution in [1.82, 2.24) is 5.01 Å². The Labute approximate surface area is 77.2 Å². The van der Waals surface area contributed by atoms with Crippen LogP contribution in [0.25, 0.3) is 0 Å². The molecule has 66 valence electrons. The van der Waals surface area contributed by atoms with Crippen LogP contribution in [0, 0.1) is 5.41 Å². The molecule has 2 rings (SSSR count). The molecule has 12 heavy (non-hydrogen) atoms. The Balaban J connectivity index is 2.07. The van der Waals surface area contributed by atoms with Gasteiger partial charge in [-0.1, -0.05) is 25.5 Å². The summed E-state index contributed by atoms with van der Waals surface area (Å²) in [7, 11) is 0. The molecule has 0 aromatic rings. The number of nitrogens with zero attached hydrogens (tertiary/aromatic N) is 2. The van der Waals surface area contributed by atoms with Crippen LogP contribution in [0.2, 0.25) is 0 Å². The molecule has 1 aliphatic heterocycles. The predicted octanol–water partition coefficient (Wildman–Crippen LogP) is 1.90. The van der Waals surface area contributed by atoms with Crippen molar-refractivity contribution in [2.24, 2.45) is 10.5 Å². The van der Waals surface area contributed by atoms with Crippen LogP contribution in [0.3, 0.4) is 0 Å². The Hall–Kier alpha value is -0.510. The van der Waals surface area contributed by atoms with Gasteiger partial charge in [0.25, 0.3) is 5.24 Å². The lowest BCUT2D eigenvalue weighted by Crippen LogP contribution is -2.28. The van der Waals surface area contributed by atoms with Crippen LogP contribution in [0.1, 0.15) is 25.7 Å². The number of amides is 1. The van der Waals surface area contributed by atoms with E-state index in [0.717, 1.165) is 6.54 Å². The van der Waals surface area contributed by atoms with Gasteiger partial charge in [0.15, 0.2) is 0 Å². The maximum atomic E-state index is 10.9. The molecule has 1 spiro atoms. The molecule has 0 N–H and O–H groups in total. The molecule has 4 heteroatoms. The van der Waals surface area contributed by atoms with Gasteiger partial charge >= 0.3 is 0 Å². The number of hydrazone groups is 1. The highest BCUT2D eigenvalue weighted by Gasteiger charge is 2.38. The first-order valence-corrected chi connectivity index (χ1v) is 4.72. The topological polar surface area (TPSA) is 32.7 Å². The lowest BCUT2D eigenvalue weighted by Gasteiger charge is -2.19. The zero-order valence-electron chi connectivity index (χ0n) is 6.86. The van der Waals surface area contributed by atoms with Crippen LogP contribution in [0.4, 0.5) is 4.79 Å². The summed E-state index contributed by atoms with van der Waals surface area (Å²) in [6, 6.07) is 0. The Bertz CT molecular complexity index is 233. The highest BCUT2D eigenvalue weighted by atomic mass is 32.1. The number of thiol groups is 1. The first-order chi connectivity index (χ1) is 5.72.